The second-order valence-corrected chi connectivity index (χ2v) is 9.26. The molecule has 144 valence electrons. The first-order chi connectivity index (χ1) is 13.5. The smallest absolute Gasteiger partial charge is 0.166 e. The van der Waals surface area contributed by atoms with E-state index in [-0.39, 0.29) is 5.54 Å². The number of hydrogen-bond acceptors (Lipinski definition) is 5. The highest BCUT2D eigenvalue weighted by Crippen LogP contribution is 2.57. The number of thiophene rings is 1. The van der Waals surface area contributed by atoms with Crippen molar-refractivity contribution in [2.45, 2.75) is 32.7 Å². The van der Waals surface area contributed by atoms with Crippen molar-refractivity contribution in [2.75, 3.05) is 13.7 Å². The Morgan fingerprint density at radius 3 is 2.68 bits per heavy atom. The van der Waals surface area contributed by atoms with Crippen LogP contribution in [0, 0.1) is 26.7 Å². The van der Waals surface area contributed by atoms with Crippen LogP contribution in [0.2, 0.25) is 5.02 Å². The Morgan fingerprint density at radius 2 is 1.96 bits per heavy atom. The maximum Gasteiger partial charge on any atom is 0.166 e. The molecule has 1 saturated carbocycles. The van der Waals surface area contributed by atoms with E-state index in [2.05, 4.69) is 40.7 Å². The van der Waals surface area contributed by atoms with Gasteiger partial charge >= 0.3 is 0 Å². The third-order valence-corrected chi connectivity index (χ3v) is 7.33. The molecule has 2 aliphatic rings. The summed E-state index contributed by atoms with van der Waals surface area (Å²) >= 11 is 7.93. The molecule has 7 heteroatoms. The molecule has 1 fully saturated rings. The van der Waals surface area contributed by atoms with Crippen molar-refractivity contribution < 1.29 is 4.74 Å². The molecule has 3 heterocycles. The summed E-state index contributed by atoms with van der Waals surface area (Å²) in [4.78, 5) is 6.65. The van der Waals surface area contributed by atoms with Crippen LogP contribution < -0.4 is 0 Å². The van der Waals surface area contributed by atoms with Gasteiger partial charge in [0, 0.05) is 34.1 Å². The summed E-state index contributed by atoms with van der Waals surface area (Å²) in [6.45, 7) is 7.01. The molecule has 0 N–H and O–H groups in total. The van der Waals surface area contributed by atoms with Gasteiger partial charge in [-0.3, -0.25) is 9.56 Å². The highest BCUT2D eigenvalue weighted by Gasteiger charge is 2.60. The van der Waals surface area contributed by atoms with Crippen molar-refractivity contribution in [1.29, 1.82) is 0 Å². The fourth-order valence-electron chi connectivity index (χ4n) is 4.18. The number of methoxy groups -OCH3 is 1. The Kier molecular flexibility index (Phi) is 4.02. The van der Waals surface area contributed by atoms with E-state index in [0.717, 1.165) is 39.4 Å². The number of aliphatic imine (C=N–C) groups is 1. The Hall–Kier alpha value is -2.02. The summed E-state index contributed by atoms with van der Waals surface area (Å²) in [7, 11) is 1.74. The number of hydrogen-bond donors (Lipinski definition) is 0. The van der Waals surface area contributed by atoms with E-state index in [1.165, 1.54) is 16.0 Å². The zero-order chi connectivity index (χ0) is 19.6. The van der Waals surface area contributed by atoms with Gasteiger partial charge in [-0.15, -0.1) is 21.5 Å². The summed E-state index contributed by atoms with van der Waals surface area (Å²) in [6.07, 6.45) is 0.920. The van der Waals surface area contributed by atoms with Crippen LogP contribution in [0.4, 0.5) is 0 Å². The van der Waals surface area contributed by atoms with Gasteiger partial charge in [-0.2, -0.15) is 0 Å². The molecule has 1 spiro atoms. The molecule has 0 radical (unpaired) electrons. The monoisotopic (exact) mass is 412 g/mol. The predicted octanol–water partition coefficient (Wildman–Crippen LogP) is 4.62. The summed E-state index contributed by atoms with van der Waals surface area (Å²) in [5.41, 5.74) is 4.13. The molecule has 0 amide bonds. The van der Waals surface area contributed by atoms with Crippen LogP contribution in [0.25, 0.3) is 5.00 Å². The average Bonchev–Trinajstić information content (AvgIpc) is 3.12. The van der Waals surface area contributed by atoms with Crippen molar-refractivity contribution in [3.8, 4) is 5.00 Å². The van der Waals surface area contributed by atoms with E-state index >= 15 is 0 Å². The van der Waals surface area contributed by atoms with Gasteiger partial charge in [0.2, 0.25) is 0 Å². The van der Waals surface area contributed by atoms with Gasteiger partial charge in [0.05, 0.1) is 12.3 Å². The Labute approximate surface area is 173 Å². The first-order valence-corrected chi connectivity index (χ1v) is 10.5. The number of benzene rings is 1. The average molecular weight is 413 g/mol. The quantitative estimate of drug-likeness (QED) is 0.630. The van der Waals surface area contributed by atoms with E-state index in [1.54, 1.807) is 18.4 Å². The lowest BCUT2D eigenvalue weighted by molar-refractivity contribution is 0.177. The molecule has 2 unspecified atom stereocenters. The predicted molar refractivity (Wildman–Crippen MR) is 112 cm³/mol. The van der Waals surface area contributed by atoms with Gasteiger partial charge in [-0.05, 0) is 44.9 Å². The lowest BCUT2D eigenvalue weighted by Gasteiger charge is -2.13. The Balaban J connectivity index is 1.82. The number of halogens is 1. The third kappa shape index (κ3) is 2.44. The van der Waals surface area contributed by atoms with Crippen LogP contribution in [-0.2, 0) is 10.3 Å². The second kappa shape index (κ2) is 6.24. The maximum atomic E-state index is 6.15. The van der Waals surface area contributed by atoms with Gasteiger partial charge in [0.15, 0.2) is 5.82 Å². The van der Waals surface area contributed by atoms with Gasteiger partial charge in [-0.25, -0.2) is 0 Å². The summed E-state index contributed by atoms with van der Waals surface area (Å²) in [5, 5.41) is 10.9. The number of ether oxygens (including phenoxy) is 1. The number of aryl methyl sites for hydroxylation is 2. The fraction of sp³-hybridized carbons (Fsp3) is 0.381. The maximum absolute atomic E-state index is 6.15. The molecular formula is C21H21ClN4OS. The molecule has 0 saturated heterocycles. The third-order valence-electron chi connectivity index (χ3n) is 5.89. The van der Waals surface area contributed by atoms with Crippen LogP contribution in [0.15, 0.2) is 29.3 Å². The summed E-state index contributed by atoms with van der Waals surface area (Å²) in [5.74, 6) is 2.13. The molecule has 28 heavy (non-hydrogen) atoms. The normalized spacial score (nSPS) is 22.6. The van der Waals surface area contributed by atoms with Gasteiger partial charge in [-0.1, -0.05) is 23.7 Å². The van der Waals surface area contributed by atoms with Crippen molar-refractivity contribution in [3.05, 3.63) is 62.5 Å². The zero-order valence-electron chi connectivity index (χ0n) is 16.3. The van der Waals surface area contributed by atoms with Crippen LogP contribution >= 0.6 is 22.9 Å². The van der Waals surface area contributed by atoms with E-state index in [1.807, 2.05) is 19.1 Å². The largest absolute Gasteiger partial charge is 0.384 e. The van der Waals surface area contributed by atoms with Crippen LogP contribution in [0.3, 0.4) is 0 Å². The molecular weight excluding hydrogens is 392 g/mol. The minimum atomic E-state index is -0.384. The molecule has 1 aliphatic carbocycles. The van der Waals surface area contributed by atoms with Crippen molar-refractivity contribution in [3.63, 3.8) is 0 Å². The van der Waals surface area contributed by atoms with Crippen LogP contribution in [0.5, 0.6) is 0 Å². The van der Waals surface area contributed by atoms with Gasteiger partial charge < -0.3 is 4.74 Å². The van der Waals surface area contributed by atoms with E-state index in [4.69, 9.17) is 21.3 Å². The topological polar surface area (TPSA) is 52.3 Å². The molecule has 2 atom stereocenters. The van der Waals surface area contributed by atoms with E-state index in [0.29, 0.717) is 12.5 Å². The highest BCUT2D eigenvalue weighted by atomic mass is 35.5. The first-order valence-electron chi connectivity index (χ1n) is 9.34. The fourth-order valence-corrected chi connectivity index (χ4v) is 5.51. The standard InChI is InChI=1S/C21H21ClN4OS/c1-11-12(2)28-19-17(11)18(14-5-7-16(22)8-6-14)23-21(9-15(21)10-27-4)20-25-24-13(3)26(19)20/h5-8,15H,9-10H2,1-4H3. The van der Waals surface area contributed by atoms with Crippen molar-refractivity contribution in [1.82, 2.24) is 14.8 Å². The Bertz CT molecular complexity index is 1110. The number of nitrogens with zero attached hydrogens (tertiary/aromatic N) is 4. The van der Waals surface area contributed by atoms with Crippen molar-refractivity contribution >= 4 is 28.6 Å². The second-order valence-electron chi connectivity index (χ2n) is 7.62. The molecule has 3 aromatic rings. The van der Waals surface area contributed by atoms with Gasteiger partial charge in [0.1, 0.15) is 16.4 Å². The van der Waals surface area contributed by atoms with E-state index in [9.17, 15) is 0 Å². The Morgan fingerprint density at radius 1 is 1.21 bits per heavy atom. The number of rotatable bonds is 3. The number of fused-ring (bicyclic) bond motifs is 4. The first kappa shape index (κ1) is 18.0. The molecule has 2 aromatic heterocycles. The SMILES string of the molecule is COCC1CC12N=C(c1ccc(Cl)cc1)c1c(sc(C)c1C)-n1c(C)nnc12. The molecule has 1 aromatic carbocycles. The summed E-state index contributed by atoms with van der Waals surface area (Å²) < 4.78 is 7.68. The lowest BCUT2D eigenvalue weighted by atomic mass is 9.99. The highest BCUT2D eigenvalue weighted by molar-refractivity contribution is 7.15. The van der Waals surface area contributed by atoms with Crippen molar-refractivity contribution in [2.24, 2.45) is 10.9 Å². The number of aromatic nitrogens is 3. The minimum absolute atomic E-state index is 0.303. The molecule has 1 aliphatic heterocycles. The zero-order valence-corrected chi connectivity index (χ0v) is 17.9. The lowest BCUT2D eigenvalue weighted by Crippen LogP contribution is -2.16. The minimum Gasteiger partial charge on any atom is -0.384 e. The van der Waals surface area contributed by atoms with Crippen LogP contribution in [-0.4, -0.2) is 34.2 Å². The molecule has 0 bridgehead atoms. The van der Waals surface area contributed by atoms with Gasteiger partial charge in [0.25, 0.3) is 0 Å². The van der Waals surface area contributed by atoms with Crippen LogP contribution in [0.1, 0.15) is 39.6 Å². The molecule has 5 rings (SSSR count). The van der Waals surface area contributed by atoms with E-state index < -0.39 is 0 Å². The molecule has 5 nitrogen and oxygen atoms in total. The summed E-state index contributed by atoms with van der Waals surface area (Å²) in [6, 6.07) is 7.96.